The van der Waals surface area contributed by atoms with Crippen molar-refractivity contribution in [3.8, 4) is 0 Å². The van der Waals surface area contributed by atoms with Crippen LogP contribution in [-0.4, -0.2) is 53.2 Å². The van der Waals surface area contributed by atoms with Crippen molar-refractivity contribution in [1.29, 1.82) is 0 Å². The Morgan fingerprint density at radius 3 is 2.31 bits per heavy atom. The number of esters is 2. The van der Waals surface area contributed by atoms with Crippen LogP contribution >= 0.6 is 0 Å². The van der Waals surface area contributed by atoms with E-state index in [1.54, 1.807) is 32.9 Å². The van der Waals surface area contributed by atoms with Crippen molar-refractivity contribution in [3.63, 3.8) is 0 Å². The minimum atomic E-state index is -1.80. The average Bonchev–Trinajstić information content (AvgIpc) is 2.58. The van der Waals surface area contributed by atoms with Crippen LogP contribution in [0.3, 0.4) is 0 Å². The number of carbonyl (C=O) groups is 2. The third kappa shape index (κ3) is 8.42. The molecule has 26 heavy (non-hydrogen) atoms. The summed E-state index contributed by atoms with van der Waals surface area (Å²) in [6.07, 6.45) is -2.34. The maximum Gasteiger partial charge on any atom is 0.338 e. The van der Waals surface area contributed by atoms with E-state index >= 15 is 0 Å². The van der Waals surface area contributed by atoms with Crippen molar-refractivity contribution in [1.82, 2.24) is 0 Å². The standard InChI is InChI=1S/C19H28O7/c1-19(2,3)26-17(22)15(21)16(24-12-8-7-11-20)18(23)25-13-14-9-5-4-6-10-14/h4-6,9-10,15-16,20-21H,7-8,11-13H2,1-3H3/t15-,16-/m1/s1. The molecule has 0 aliphatic carbocycles. The number of aliphatic hydroxyl groups excluding tert-OH is 2. The molecule has 0 spiro atoms. The average molecular weight is 368 g/mol. The predicted octanol–water partition coefficient (Wildman–Crippen LogP) is 1.59. The van der Waals surface area contributed by atoms with Crippen LogP contribution in [0.1, 0.15) is 39.2 Å². The molecule has 0 fully saturated rings. The van der Waals surface area contributed by atoms with E-state index in [4.69, 9.17) is 19.3 Å². The molecular weight excluding hydrogens is 340 g/mol. The third-order valence-corrected chi connectivity index (χ3v) is 3.24. The lowest BCUT2D eigenvalue weighted by atomic mass is 10.1. The van der Waals surface area contributed by atoms with Gasteiger partial charge in [0.25, 0.3) is 0 Å². The molecule has 0 unspecified atom stereocenters. The summed E-state index contributed by atoms with van der Waals surface area (Å²) in [5.74, 6) is -1.81. The first-order valence-electron chi connectivity index (χ1n) is 8.58. The fraction of sp³-hybridized carbons (Fsp3) is 0.579. The lowest BCUT2D eigenvalue weighted by Gasteiger charge is -2.25. The number of aliphatic hydroxyl groups is 2. The summed E-state index contributed by atoms with van der Waals surface area (Å²) in [5.41, 5.74) is -0.0420. The maximum absolute atomic E-state index is 12.3. The number of carbonyl (C=O) groups excluding carboxylic acids is 2. The molecule has 1 aromatic carbocycles. The molecule has 0 saturated heterocycles. The van der Waals surface area contributed by atoms with Gasteiger partial charge in [0, 0.05) is 13.2 Å². The largest absolute Gasteiger partial charge is 0.459 e. The Morgan fingerprint density at radius 2 is 1.73 bits per heavy atom. The predicted molar refractivity (Wildman–Crippen MR) is 94.1 cm³/mol. The lowest BCUT2D eigenvalue weighted by molar-refractivity contribution is -0.185. The van der Waals surface area contributed by atoms with Crippen LogP contribution in [-0.2, 0) is 30.4 Å². The zero-order valence-corrected chi connectivity index (χ0v) is 15.5. The van der Waals surface area contributed by atoms with Gasteiger partial charge in [-0.2, -0.15) is 0 Å². The topological polar surface area (TPSA) is 102 Å². The minimum absolute atomic E-state index is 0.00277. The van der Waals surface area contributed by atoms with Gasteiger partial charge in [0.15, 0.2) is 12.2 Å². The number of ether oxygens (including phenoxy) is 3. The van der Waals surface area contributed by atoms with Gasteiger partial charge in [-0.15, -0.1) is 0 Å². The van der Waals surface area contributed by atoms with Gasteiger partial charge in [-0.05, 0) is 39.2 Å². The molecule has 2 N–H and O–H groups in total. The van der Waals surface area contributed by atoms with E-state index in [9.17, 15) is 14.7 Å². The van der Waals surface area contributed by atoms with E-state index < -0.39 is 29.7 Å². The molecule has 0 amide bonds. The third-order valence-electron chi connectivity index (χ3n) is 3.24. The second-order valence-electron chi connectivity index (χ2n) is 6.79. The van der Waals surface area contributed by atoms with Gasteiger partial charge < -0.3 is 24.4 Å². The van der Waals surface area contributed by atoms with Gasteiger partial charge in [-0.3, -0.25) is 0 Å². The fourth-order valence-corrected chi connectivity index (χ4v) is 2.01. The summed E-state index contributed by atoms with van der Waals surface area (Å²) in [6.45, 7) is 5.04. The van der Waals surface area contributed by atoms with E-state index in [0.717, 1.165) is 5.56 Å². The van der Waals surface area contributed by atoms with Crippen LogP contribution in [0.5, 0.6) is 0 Å². The molecule has 7 nitrogen and oxygen atoms in total. The Kier molecular flexibility index (Phi) is 9.26. The van der Waals surface area contributed by atoms with Crippen molar-refractivity contribution in [2.24, 2.45) is 0 Å². The molecule has 0 heterocycles. The molecule has 0 bridgehead atoms. The Labute approximate surface area is 153 Å². The first-order chi connectivity index (χ1) is 12.2. The second kappa shape index (κ2) is 10.9. The summed E-state index contributed by atoms with van der Waals surface area (Å²) < 4.78 is 15.6. The molecule has 0 radical (unpaired) electrons. The SMILES string of the molecule is CC(C)(C)OC(=O)[C@H](O)[C@@H](OCCCCO)C(=O)OCc1ccccc1. The smallest absolute Gasteiger partial charge is 0.338 e. The highest BCUT2D eigenvalue weighted by Gasteiger charge is 2.37. The molecule has 2 atom stereocenters. The van der Waals surface area contributed by atoms with Crippen LogP contribution in [0.2, 0.25) is 0 Å². The van der Waals surface area contributed by atoms with Gasteiger partial charge >= 0.3 is 11.9 Å². The first-order valence-corrected chi connectivity index (χ1v) is 8.58. The van der Waals surface area contributed by atoms with Crippen molar-refractivity contribution in [3.05, 3.63) is 35.9 Å². The van der Waals surface area contributed by atoms with E-state index in [1.807, 2.05) is 18.2 Å². The zero-order chi connectivity index (χ0) is 19.6. The van der Waals surface area contributed by atoms with Gasteiger partial charge in [-0.25, -0.2) is 9.59 Å². The van der Waals surface area contributed by atoms with Gasteiger partial charge in [0.1, 0.15) is 12.2 Å². The highest BCUT2D eigenvalue weighted by molar-refractivity contribution is 5.85. The van der Waals surface area contributed by atoms with Crippen molar-refractivity contribution >= 4 is 11.9 Å². The summed E-state index contributed by atoms with van der Waals surface area (Å²) in [7, 11) is 0. The van der Waals surface area contributed by atoms with Gasteiger partial charge in [-0.1, -0.05) is 30.3 Å². The summed E-state index contributed by atoms with van der Waals surface area (Å²) in [5, 5.41) is 19.0. The minimum Gasteiger partial charge on any atom is -0.459 e. The quantitative estimate of drug-likeness (QED) is 0.477. The molecule has 7 heteroatoms. The number of hydrogen-bond acceptors (Lipinski definition) is 7. The molecular formula is C19H28O7. The number of rotatable bonds is 10. The van der Waals surface area contributed by atoms with E-state index in [-0.39, 0.29) is 19.8 Å². The zero-order valence-electron chi connectivity index (χ0n) is 15.5. The highest BCUT2D eigenvalue weighted by atomic mass is 16.6. The van der Waals surface area contributed by atoms with E-state index in [0.29, 0.717) is 12.8 Å². The number of unbranched alkanes of at least 4 members (excludes halogenated alkanes) is 1. The van der Waals surface area contributed by atoms with Gasteiger partial charge in [0.2, 0.25) is 0 Å². The van der Waals surface area contributed by atoms with Crippen LogP contribution in [0.4, 0.5) is 0 Å². The van der Waals surface area contributed by atoms with Crippen LogP contribution in [0.15, 0.2) is 30.3 Å². The molecule has 0 saturated carbocycles. The molecule has 1 aromatic rings. The normalized spacial score (nSPS) is 13.7. The number of hydrogen-bond donors (Lipinski definition) is 2. The lowest BCUT2D eigenvalue weighted by Crippen LogP contribution is -2.45. The highest BCUT2D eigenvalue weighted by Crippen LogP contribution is 2.13. The summed E-state index contributed by atoms with van der Waals surface area (Å²) in [4.78, 5) is 24.4. The Balaban J connectivity index is 2.72. The number of benzene rings is 1. The Bertz CT molecular complexity index is 551. The van der Waals surface area contributed by atoms with E-state index in [2.05, 4.69) is 0 Å². The molecule has 1 rings (SSSR count). The molecule has 0 aliphatic heterocycles. The van der Waals surface area contributed by atoms with Crippen molar-refractivity contribution < 1.29 is 34.0 Å². The first kappa shape index (κ1) is 22.1. The van der Waals surface area contributed by atoms with Crippen molar-refractivity contribution in [2.45, 2.75) is 58.0 Å². The van der Waals surface area contributed by atoms with E-state index in [1.165, 1.54) is 0 Å². The monoisotopic (exact) mass is 368 g/mol. The molecule has 0 aliphatic rings. The molecule has 0 aromatic heterocycles. The Hall–Kier alpha value is -1.96. The fourth-order valence-electron chi connectivity index (χ4n) is 2.01. The molecule has 146 valence electrons. The summed E-state index contributed by atoms with van der Waals surface area (Å²) in [6, 6.07) is 9.03. The van der Waals surface area contributed by atoms with Gasteiger partial charge in [0.05, 0.1) is 0 Å². The second-order valence-corrected chi connectivity index (χ2v) is 6.79. The Morgan fingerprint density at radius 1 is 1.08 bits per heavy atom. The van der Waals surface area contributed by atoms with Crippen LogP contribution in [0.25, 0.3) is 0 Å². The van der Waals surface area contributed by atoms with Crippen LogP contribution in [0, 0.1) is 0 Å². The van der Waals surface area contributed by atoms with Crippen molar-refractivity contribution in [2.75, 3.05) is 13.2 Å². The maximum atomic E-state index is 12.3. The van der Waals surface area contributed by atoms with Crippen LogP contribution < -0.4 is 0 Å². The summed E-state index contributed by atoms with van der Waals surface area (Å²) >= 11 is 0.